The zero-order chi connectivity index (χ0) is 19.4. The fraction of sp³-hybridized carbons (Fsp3) is 0.278. The third-order valence-electron chi connectivity index (χ3n) is 4.28. The molecule has 7 nitrogen and oxygen atoms in total. The first kappa shape index (κ1) is 19.3. The third kappa shape index (κ3) is 4.83. The maximum atomic E-state index is 12.7. The van der Waals surface area contributed by atoms with Gasteiger partial charge in [-0.3, -0.25) is 0 Å². The Balaban J connectivity index is 1.73. The van der Waals surface area contributed by atoms with Crippen molar-refractivity contribution in [1.82, 2.24) is 9.62 Å². The predicted molar refractivity (Wildman–Crippen MR) is 103 cm³/mol. The molecule has 1 aliphatic heterocycles. The molecule has 2 aromatic rings. The molecule has 1 saturated heterocycles. The fourth-order valence-corrected chi connectivity index (χ4v) is 4.71. The summed E-state index contributed by atoms with van der Waals surface area (Å²) < 4.78 is 28.1. The highest BCUT2D eigenvalue weighted by Gasteiger charge is 2.28. The molecule has 0 radical (unpaired) electrons. The van der Waals surface area contributed by atoms with Crippen LogP contribution in [0.1, 0.15) is 12.0 Å². The first-order valence-electron chi connectivity index (χ1n) is 8.36. The Morgan fingerprint density at radius 3 is 2.81 bits per heavy atom. The van der Waals surface area contributed by atoms with E-state index >= 15 is 0 Å². The minimum Gasteiger partial charge on any atom is -0.508 e. The van der Waals surface area contributed by atoms with E-state index in [4.69, 9.17) is 16.9 Å². The van der Waals surface area contributed by atoms with Crippen molar-refractivity contribution in [2.24, 2.45) is 0 Å². The minimum absolute atomic E-state index is 0.0134. The third-order valence-corrected chi connectivity index (χ3v) is 6.28. The molecular formula is C18H19ClN4O3S. The summed E-state index contributed by atoms with van der Waals surface area (Å²) in [6.45, 7) is 1.30. The molecule has 0 amide bonds. The van der Waals surface area contributed by atoms with Crippen LogP contribution >= 0.6 is 11.6 Å². The van der Waals surface area contributed by atoms with E-state index in [1.54, 1.807) is 24.3 Å². The number of rotatable bonds is 6. The zero-order valence-electron chi connectivity index (χ0n) is 14.4. The predicted octanol–water partition coefficient (Wildman–Crippen LogP) is 2.49. The van der Waals surface area contributed by atoms with Crippen LogP contribution in [-0.4, -0.2) is 37.6 Å². The average molecular weight is 407 g/mol. The Bertz CT molecular complexity index is 975. The lowest BCUT2D eigenvalue weighted by Gasteiger charge is -2.15. The van der Waals surface area contributed by atoms with Crippen LogP contribution in [0.5, 0.6) is 5.75 Å². The minimum atomic E-state index is -3.82. The molecule has 1 fully saturated rings. The van der Waals surface area contributed by atoms with Crippen molar-refractivity contribution in [3.05, 3.63) is 53.1 Å². The van der Waals surface area contributed by atoms with E-state index in [9.17, 15) is 13.5 Å². The van der Waals surface area contributed by atoms with Gasteiger partial charge in [0.2, 0.25) is 10.0 Å². The number of nitrogens with zero attached hydrogens (tertiary/aromatic N) is 2. The summed E-state index contributed by atoms with van der Waals surface area (Å²) in [5.41, 5.74) is 1.45. The van der Waals surface area contributed by atoms with E-state index in [-0.39, 0.29) is 21.7 Å². The smallest absolute Gasteiger partial charge is 0.242 e. The number of benzene rings is 2. The van der Waals surface area contributed by atoms with E-state index in [1.165, 1.54) is 17.0 Å². The average Bonchev–Trinajstić information content (AvgIpc) is 3.08. The van der Waals surface area contributed by atoms with Crippen molar-refractivity contribution in [3.63, 3.8) is 0 Å². The summed E-state index contributed by atoms with van der Waals surface area (Å²) in [6, 6.07) is 11.2. The van der Waals surface area contributed by atoms with Crippen molar-refractivity contribution < 1.29 is 13.5 Å². The van der Waals surface area contributed by atoms with E-state index < -0.39 is 10.0 Å². The van der Waals surface area contributed by atoms with Gasteiger partial charge in [0.1, 0.15) is 10.6 Å². The molecular weight excluding hydrogens is 388 g/mol. The van der Waals surface area contributed by atoms with Crippen LogP contribution in [0.4, 0.5) is 5.69 Å². The molecule has 2 aromatic carbocycles. The van der Waals surface area contributed by atoms with Gasteiger partial charge in [-0.25, -0.2) is 13.1 Å². The Labute approximate surface area is 163 Å². The summed E-state index contributed by atoms with van der Waals surface area (Å²) >= 11 is 6.12. The van der Waals surface area contributed by atoms with Gasteiger partial charge in [-0.15, -0.1) is 0 Å². The SMILES string of the molecule is N#CN1CCC(NS(=O)(=O)c2cc(NCc3cccc(O)c3)ccc2Cl)C1. The fourth-order valence-electron chi connectivity index (χ4n) is 2.92. The highest BCUT2D eigenvalue weighted by Crippen LogP contribution is 2.26. The maximum absolute atomic E-state index is 12.7. The van der Waals surface area contributed by atoms with Gasteiger partial charge in [0.15, 0.2) is 6.19 Å². The van der Waals surface area contributed by atoms with E-state index in [0.29, 0.717) is 31.7 Å². The number of phenolic OH excluding ortho intramolecular Hbond substituents is 1. The molecule has 3 rings (SSSR count). The van der Waals surface area contributed by atoms with Crippen LogP contribution in [0.2, 0.25) is 5.02 Å². The standard InChI is InChI=1S/C18H19ClN4O3S/c19-17-5-4-14(21-10-13-2-1-3-16(24)8-13)9-18(17)27(25,26)22-15-6-7-23(11-15)12-20/h1-5,8-9,15,21-22,24H,6-7,10-11H2. The van der Waals surface area contributed by atoms with Gasteiger partial charge in [0.25, 0.3) is 0 Å². The van der Waals surface area contributed by atoms with Gasteiger partial charge < -0.3 is 15.3 Å². The summed E-state index contributed by atoms with van der Waals surface area (Å²) in [5.74, 6) is 0.167. The van der Waals surface area contributed by atoms with Gasteiger partial charge in [-0.05, 0) is 42.3 Å². The molecule has 1 heterocycles. The molecule has 142 valence electrons. The van der Waals surface area contributed by atoms with Gasteiger partial charge >= 0.3 is 0 Å². The number of aromatic hydroxyl groups is 1. The number of nitrogens with one attached hydrogen (secondary N) is 2. The summed E-state index contributed by atoms with van der Waals surface area (Å²) in [4.78, 5) is 1.50. The van der Waals surface area contributed by atoms with Crippen LogP contribution in [0, 0.1) is 11.5 Å². The van der Waals surface area contributed by atoms with Crippen LogP contribution in [0.25, 0.3) is 0 Å². The molecule has 0 aliphatic carbocycles. The van der Waals surface area contributed by atoms with Crippen molar-refractivity contribution in [2.75, 3.05) is 18.4 Å². The number of anilines is 1. The number of phenols is 1. The Morgan fingerprint density at radius 2 is 2.11 bits per heavy atom. The highest BCUT2D eigenvalue weighted by molar-refractivity contribution is 7.89. The molecule has 3 N–H and O–H groups in total. The van der Waals surface area contributed by atoms with Crippen LogP contribution in [-0.2, 0) is 16.6 Å². The normalized spacial score (nSPS) is 16.9. The summed E-state index contributed by atoms with van der Waals surface area (Å²) in [5, 5.41) is 21.7. The topological polar surface area (TPSA) is 105 Å². The van der Waals surface area contributed by atoms with Crippen LogP contribution < -0.4 is 10.0 Å². The highest BCUT2D eigenvalue weighted by atomic mass is 35.5. The first-order chi connectivity index (χ1) is 12.9. The summed E-state index contributed by atoms with van der Waals surface area (Å²) in [6.07, 6.45) is 2.59. The van der Waals surface area contributed by atoms with E-state index in [1.807, 2.05) is 12.3 Å². The van der Waals surface area contributed by atoms with Gasteiger partial charge in [-0.1, -0.05) is 23.7 Å². The van der Waals surface area contributed by atoms with Crippen molar-refractivity contribution in [2.45, 2.75) is 23.9 Å². The first-order valence-corrected chi connectivity index (χ1v) is 10.2. The van der Waals surface area contributed by atoms with Gasteiger partial charge in [0, 0.05) is 31.4 Å². The number of nitriles is 1. The molecule has 27 heavy (non-hydrogen) atoms. The number of sulfonamides is 1. The van der Waals surface area contributed by atoms with Crippen LogP contribution in [0.3, 0.4) is 0 Å². The zero-order valence-corrected chi connectivity index (χ0v) is 16.0. The maximum Gasteiger partial charge on any atom is 0.242 e. The number of halogens is 1. The molecule has 0 bridgehead atoms. The van der Waals surface area contributed by atoms with Crippen LogP contribution in [0.15, 0.2) is 47.4 Å². The van der Waals surface area contributed by atoms with Gasteiger partial charge in [0.05, 0.1) is 5.02 Å². The second kappa shape index (κ2) is 8.05. The second-order valence-electron chi connectivity index (χ2n) is 6.32. The van der Waals surface area contributed by atoms with E-state index in [2.05, 4.69) is 10.0 Å². The monoisotopic (exact) mass is 406 g/mol. The Hall–Kier alpha value is -2.47. The molecule has 0 spiro atoms. The lowest BCUT2D eigenvalue weighted by molar-refractivity contribution is 0.470. The quantitative estimate of drug-likeness (QED) is 0.636. The number of likely N-dealkylation sites (tertiary alicyclic amines) is 1. The molecule has 1 unspecified atom stereocenters. The van der Waals surface area contributed by atoms with E-state index in [0.717, 1.165) is 5.56 Å². The Kier molecular flexibility index (Phi) is 5.75. The van der Waals surface area contributed by atoms with Gasteiger partial charge in [-0.2, -0.15) is 5.26 Å². The molecule has 9 heteroatoms. The number of hydrogen-bond acceptors (Lipinski definition) is 6. The van der Waals surface area contributed by atoms with Crippen molar-refractivity contribution in [3.8, 4) is 11.9 Å². The van der Waals surface area contributed by atoms with Crippen molar-refractivity contribution >= 4 is 27.3 Å². The number of hydrogen-bond donors (Lipinski definition) is 3. The second-order valence-corrected chi connectivity index (χ2v) is 8.41. The lowest BCUT2D eigenvalue weighted by Crippen LogP contribution is -2.36. The largest absolute Gasteiger partial charge is 0.508 e. The summed E-state index contributed by atoms with van der Waals surface area (Å²) in [7, 11) is -3.82. The Morgan fingerprint density at radius 1 is 1.30 bits per heavy atom. The molecule has 1 atom stereocenters. The molecule has 0 saturated carbocycles. The molecule has 0 aromatic heterocycles. The molecule has 1 aliphatic rings. The van der Waals surface area contributed by atoms with Crippen molar-refractivity contribution in [1.29, 1.82) is 5.26 Å². The lowest BCUT2D eigenvalue weighted by atomic mass is 10.2.